The molecule has 6 nitrogen and oxygen atoms in total. The van der Waals surface area contributed by atoms with Gasteiger partial charge >= 0.3 is 0 Å². The smallest absolute Gasteiger partial charge is 0.223 e. The Morgan fingerprint density at radius 2 is 2.00 bits per heavy atom. The highest BCUT2D eigenvalue weighted by atomic mass is 16.5. The summed E-state index contributed by atoms with van der Waals surface area (Å²) in [6.45, 7) is 4.05. The summed E-state index contributed by atoms with van der Waals surface area (Å²) in [5.74, 6) is 1.19. The van der Waals surface area contributed by atoms with Gasteiger partial charge in [-0.2, -0.15) is 0 Å². The molecule has 1 aromatic heterocycles. The fourth-order valence-corrected chi connectivity index (χ4v) is 2.68. The van der Waals surface area contributed by atoms with Gasteiger partial charge < -0.3 is 15.8 Å². The summed E-state index contributed by atoms with van der Waals surface area (Å²) < 4.78 is 5.53. The molecule has 0 radical (unpaired) electrons. The highest BCUT2D eigenvalue weighted by molar-refractivity contribution is 5.95. The van der Waals surface area contributed by atoms with Crippen LogP contribution in [-0.4, -0.2) is 29.4 Å². The van der Waals surface area contributed by atoms with E-state index in [4.69, 9.17) is 10.5 Å². The number of methoxy groups -OCH3 is 1. The molecule has 0 fully saturated rings. The van der Waals surface area contributed by atoms with Crippen molar-refractivity contribution in [2.75, 3.05) is 18.2 Å². The summed E-state index contributed by atoms with van der Waals surface area (Å²) in [6, 6.07) is 9.16. The van der Waals surface area contributed by atoms with Crippen molar-refractivity contribution in [2.45, 2.75) is 19.9 Å². The summed E-state index contributed by atoms with van der Waals surface area (Å²) in [6.07, 6.45) is 2.56. The lowest BCUT2D eigenvalue weighted by molar-refractivity contribution is 0.112. The number of carbonyl (C=O) groups excluding carboxylic acids is 1. The second-order valence-electron chi connectivity index (χ2n) is 6.07. The third kappa shape index (κ3) is 3.38. The third-order valence-corrected chi connectivity index (χ3v) is 3.81. The molecular weight excluding hydrogens is 316 g/mol. The van der Waals surface area contributed by atoms with Crippen molar-refractivity contribution in [3.63, 3.8) is 0 Å². The Bertz CT molecular complexity index is 938. The number of hydrogen-bond donors (Lipinski definition) is 2. The van der Waals surface area contributed by atoms with Crippen molar-refractivity contribution < 1.29 is 9.53 Å². The number of ether oxygens (including phenoxy) is 1. The number of hydrogen-bond acceptors (Lipinski definition) is 6. The predicted molar refractivity (Wildman–Crippen MR) is 100 cm³/mol. The van der Waals surface area contributed by atoms with E-state index in [1.807, 2.05) is 26.0 Å². The van der Waals surface area contributed by atoms with Gasteiger partial charge in [-0.3, -0.25) is 4.79 Å². The molecule has 25 heavy (non-hydrogen) atoms. The Morgan fingerprint density at radius 3 is 2.68 bits per heavy atom. The normalized spacial score (nSPS) is 10.9. The van der Waals surface area contributed by atoms with Crippen LogP contribution < -0.4 is 15.8 Å². The molecule has 0 atom stereocenters. The van der Waals surface area contributed by atoms with Crippen molar-refractivity contribution in [3.05, 3.63) is 42.1 Å². The molecule has 128 valence electrons. The Balaban J connectivity index is 2.19. The standard InChI is InChI=1S/C19H20N4O2/c1-11(2)22-19-21-9-13-6-16(18(25-3)8-17(13)23-19)15-7-14(20)5-4-12(15)10-24/h4-11H,20H2,1-3H3,(H,21,22,23). The fraction of sp³-hybridized carbons (Fsp3) is 0.211. The van der Waals surface area contributed by atoms with E-state index < -0.39 is 0 Å². The number of carbonyl (C=O) groups is 1. The molecule has 0 saturated heterocycles. The Hall–Kier alpha value is -3.15. The maximum absolute atomic E-state index is 11.4. The minimum Gasteiger partial charge on any atom is -0.496 e. The van der Waals surface area contributed by atoms with Crippen molar-refractivity contribution in [3.8, 4) is 16.9 Å². The second-order valence-corrected chi connectivity index (χ2v) is 6.07. The minimum atomic E-state index is 0.237. The average molecular weight is 336 g/mol. The molecule has 0 spiro atoms. The van der Waals surface area contributed by atoms with Crippen LogP contribution in [-0.2, 0) is 0 Å². The summed E-state index contributed by atoms with van der Waals surface area (Å²) in [4.78, 5) is 20.3. The number of rotatable bonds is 5. The van der Waals surface area contributed by atoms with Crippen molar-refractivity contribution >= 4 is 28.8 Å². The molecule has 0 aliphatic heterocycles. The van der Waals surface area contributed by atoms with Gasteiger partial charge in [0.25, 0.3) is 0 Å². The average Bonchev–Trinajstić information content (AvgIpc) is 2.60. The topological polar surface area (TPSA) is 90.1 Å². The Labute approximate surface area is 146 Å². The fourth-order valence-electron chi connectivity index (χ4n) is 2.68. The van der Waals surface area contributed by atoms with Crippen LogP contribution in [0.3, 0.4) is 0 Å². The van der Waals surface area contributed by atoms with Gasteiger partial charge in [0.05, 0.1) is 12.6 Å². The van der Waals surface area contributed by atoms with Crippen LogP contribution in [0.1, 0.15) is 24.2 Å². The molecule has 0 aliphatic carbocycles. The first-order chi connectivity index (χ1) is 12.0. The largest absolute Gasteiger partial charge is 0.496 e. The van der Waals surface area contributed by atoms with Crippen LogP contribution in [0.15, 0.2) is 36.5 Å². The zero-order valence-electron chi connectivity index (χ0n) is 14.4. The predicted octanol–water partition coefficient (Wildman–Crippen LogP) is 3.52. The molecule has 3 rings (SSSR count). The highest BCUT2D eigenvalue weighted by Crippen LogP contribution is 2.36. The molecule has 3 aromatic rings. The van der Waals surface area contributed by atoms with E-state index in [9.17, 15) is 4.79 Å². The molecule has 1 heterocycles. The number of aromatic nitrogens is 2. The lowest BCUT2D eigenvalue weighted by Gasteiger charge is -2.14. The van der Waals surface area contributed by atoms with Crippen molar-refractivity contribution in [1.82, 2.24) is 9.97 Å². The Kier molecular flexibility index (Phi) is 4.52. The number of benzene rings is 2. The van der Waals surface area contributed by atoms with E-state index in [1.165, 1.54) is 0 Å². The van der Waals surface area contributed by atoms with Crippen molar-refractivity contribution in [1.29, 1.82) is 0 Å². The van der Waals surface area contributed by atoms with Gasteiger partial charge in [0.2, 0.25) is 5.95 Å². The van der Waals surface area contributed by atoms with Gasteiger partial charge in [-0.05, 0) is 43.7 Å². The third-order valence-electron chi connectivity index (χ3n) is 3.81. The number of fused-ring (bicyclic) bond motifs is 1. The van der Waals surface area contributed by atoms with Crippen LogP contribution in [0.25, 0.3) is 22.0 Å². The van der Waals surface area contributed by atoms with Gasteiger partial charge in [-0.25, -0.2) is 9.97 Å². The molecule has 2 aromatic carbocycles. The summed E-state index contributed by atoms with van der Waals surface area (Å²) in [5.41, 5.74) is 9.28. The molecule has 0 saturated carbocycles. The monoisotopic (exact) mass is 336 g/mol. The summed E-state index contributed by atoms with van der Waals surface area (Å²) in [7, 11) is 1.59. The van der Waals surface area contributed by atoms with E-state index in [-0.39, 0.29) is 6.04 Å². The number of aldehydes is 1. The lowest BCUT2D eigenvalue weighted by atomic mass is 9.97. The van der Waals surface area contributed by atoms with Crippen LogP contribution in [0.5, 0.6) is 5.75 Å². The summed E-state index contributed by atoms with van der Waals surface area (Å²) in [5, 5.41) is 4.03. The van der Waals surface area contributed by atoms with Crippen molar-refractivity contribution in [2.24, 2.45) is 0 Å². The van der Waals surface area contributed by atoms with Gasteiger partial charge in [0.15, 0.2) is 6.29 Å². The number of nitrogens with one attached hydrogen (secondary N) is 1. The first-order valence-electron chi connectivity index (χ1n) is 7.98. The van der Waals surface area contributed by atoms with Gasteiger partial charge in [-0.15, -0.1) is 0 Å². The minimum absolute atomic E-state index is 0.237. The second kappa shape index (κ2) is 6.76. The number of nitrogens with zero attached hydrogens (tertiary/aromatic N) is 2. The lowest BCUT2D eigenvalue weighted by Crippen LogP contribution is -2.12. The molecule has 0 aliphatic rings. The van der Waals surface area contributed by atoms with E-state index in [2.05, 4.69) is 15.3 Å². The van der Waals surface area contributed by atoms with Crippen LogP contribution in [0.4, 0.5) is 11.6 Å². The first kappa shape index (κ1) is 16.7. The maximum Gasteiger partial charge on any atom is 0.223 e. The Morgan fingerprint density at radius 1 is 1.20 bits per heavy atom. The van der Waals surface area contributed by atoms with E-state index in [0.717, 1.165) is 28.3 Å². The quantitative estimate of drug-likeness (QED) is 0.547. The van der Waals surface area contributed by atoms with E-state index >= 15 is 0 Å². The zero-order valence-corrected chi connectivity index (χ0v) is 14.4. The first-order valence-corrected chi connectivity index (χ1v) is 7.98. The zero-order chi connectivity index (χ0) is 18.0. The number of nitrogen functional groups attached to an aromatic ring is 1. The van der Waals surface area contributed by atoms with Gasteiger partial charge in [-0.1, -0.05) is 0 Å². The summed E-state index contributed by atoms with van der Waals surface area (Å²) >= 11 is 0. The molecule has 0 amide bonds. The van der Waals surface area contributed by atoms with E-state index in [1.54, 1.807) is 31.5 Å². The highest BCUT2D eigenvalue weighted by Gasteiger charge is 2.14. The van der Waals surface area contributed by atoms with Crippen LogP contribution in [0, 0.1) is 0 Å². The number of nitrogens with two attached hydrogens (primary N) is 1. The van der Waals surface area contributed by atoms with Gasteiger partial charge in [0.1, 0.15) is 5.75 Å². The maximum atomic E-state index is 11.4. The van der Waals surface area contributed by atoms with Crippen LogP contribution in [0.2, 0.25) is 0 Å². The molecule has 0 unspecified atom stereocenters. The van der Waals surface area contributed by atoms with Gasteiger partial charge in [0, 0.05) is 40.5 Å². The molecule has 6 heteroatoms. The van der Waals surface area contributed by atoms with Crippen LogP contribution >= 0.6 is 0 Å². The molecular formula is C19H20N4O2. The SMILES string of the molecule is COc1cc2nc(NC(C)C)ncc2cc1-c1cc(N)ccc1C=O. The molecule has 3 N–H and O–H groups in total. The van der Waals surface area contributed by atoms with E-state index in [0.29, 0.717) is 22.9 Å². The molecule has 0 bridgehead atoms. The number of anilines is 2.